The van der Waals surface area contributed by atoms with Gasteiger partial charge in [0.25, 0.3) is 11.5 Å². The van der Waals surface area contributed by atoms with Crippen molar-refractivity contribution in [1.82, 2.24) is 10.3 Å². The Bertz CT molecular complexity index is 667. The molecule has 2 rings (SSSR count). The molecule has 0 fully saturated rings. The first kappa shape index (κ1) is 13.2. The van der Waals surface area contributed by atoms with Crippen LogP contribution in [-0.2, 0) is 6.54 Å². The van der Waals surface area contributed by atoms with Gasteiger partial charge in [-0.05, 0) is 11.6 Å². The predicted molar refractivity (Wildman–Crippen MR) is 71.3 cm³/mol. The van der Waals surface area contributed by atoms with Crippen LogP contribution in [0.5, 0.6) is 5.75 Å². The molecule has 19 heavy (non-hydrogen) atoms. The van der Waals surface area contributed by atoms with E-state index in [0.717, 1.165) is 11.6 Å². The third kappa shape index (κ3) is 3.14. The van der Waals surface area contributed by atoms with E-state index in [1.807, 2.05) is 6.07 Å². The predicted octanol–water partition coefficient (Wildman–Crippen LogP) is 1.66. The van der Waals surface area contributed by atoms with E-state index in [2.05, 4.69) is 10.3 Å². The number of aromatic amines is 1. The third-order valence-electron chi connectivity index (χ3n) is 2.54. The van der Waals surface area contributed by atoms with Gasteiger partial charge in [0.1, 0.15) is 5.75 Å². The van der Waals surface area contributed by atoms with Crippen molar-refractivity contribution in [3.63, 3.8) is 0 Å². The smallest absolute Gasteiger partial charge is 0.256 e. The molecule has 6 heteroatoms. The first-order chi connectivity index (χ1) is 9.08. The maximum atomic E-state index is 11.8. The Kier molecular flexibility index (Phi) is 3.87. The Morgan fingerprint density at radius 1 is 1.37 bits per heavy atom. The molecule has 1 amide bonds. The first-order valence-electron chi connectivity index (χ1n) is 5.51. The largest absolute Gasteiger partial charge is 0.507 e. The number of amides is 1. The number of hydrogen-bond acceptors (Lipinski definition) is 3. The van der Waals surface area contributed by atoms with Crippen LogP contribution in [-0.4, -0.2) is 16.0 Å². The molecule has 0 bridgehead atoms. The van der Waals surface area contributed by atoms with Gasteiger partial charge in [-0.25, -0.2) is 0 Å². The number of pyridine rings is 1. The highest BCUT2D eigenvalue weighted by molar-refractivity contribution is 6.31. The summed E-state index contributed by atoms with van der Waals surface area (Å²) in [6.07, 6.45) is 1.17. The highest BCUT2D eigenvalue weighted by Gasteiger charge is 2.11. The van der Waals surface area contributed by atoms with Crippen molar-refractivity contribution in [2.24, 2.45) is 0 Å². The summed E-state index contributed by atoms with van der Waals surface area (Å²) in [6, 6.07) is 8.06. The summed E-state index contributed by atoms with van der Waals surface area (Å²) in [4.78, 5) is 25.1. The maximum absolute atomic E-state index is 11.8. The summed E-state index contributed by atoms with van der Waals surface area (Å²) in [6.45, 7) is 0.233. The fourth-order valence-electron chi connectivity index (χ4n) is 1.56. The van der Waals surface area contributed by atoms with Gasteiger partial charge in [0.05, 0.1) is 5.56 Å². The zero-order valence-electron chi connectivity index (χ0n) is 9.81. The van der Waals surface area contributed by atoms with Crippen molar-refractivity contribution < 1.29 is 9.90 Å². The number of halogens is 1. The second-order valence-electron chi connectivity index (χ2n) is 3.87. The number of carbonyl (C=O) groups excluding carboxylic acids is 1. The minimum atomic E-state index is -0.492. The second kappa shape index (κ2) is 5.58. The van der Waals surface area contributed by atoms with Crippen molar-refractivity contribution in [3.8, 4) is 5.75 Å². The Hall–Kier alpha value is -2.27. The van der Waals surface area contributed by atoms with Crippen LogP contribution in [0, 0.1) is 0 Å². The van der Waals surface area contributed by atoms with Gasteiger partial charge in [-0.1, -0.05) is 29.8 Å². The van der Waals surface area contributed by atoms with E-state index in [0.29, 0.717) is 5.02 Å². The first-order valence-corrected chi connectivity index (χ1v) is 5.89. The van der Waals surface area contributed by atoms with E-state index in [9.17, 15) is 14.7 Å². The monoisotopic (exact) mass is 278 g/mol. The Labute approximate surface area is 113 Å². The fraction of sp³-hybridized carbons (Fsp3) is 0.0769. The molecule has 3 N–H and O–H groups in total. The second-order valence-corrected chi connectivity index (χ2v) is 4.28. The fourth-order valence-corrected chi connectivity index (χ4v) is 1.76. The highest BCUT2D eigenvalue weighted by atomic mass is 35.5. The van der Waals surface area contributed by atoms with E-state index < -0.39 is 11.5 Å². The van der Waals surface area contributed by atoms with Gasteiger partial charge in [0.2, 0.25) is 0 Å². The Morgan fingerprint density at radius 3 is 2.79 bits per heavy atom. The Morgan fingerprint density at radius 2 is 2.11 bits per heavy atom. The SMILES string of the molecule is O=C(NCc1ccccc1Cl)c1c[nH]c(=O)cc1O. The molecule has 98 valence electrons. The Balaban J connectivity index is 2.10. The normalized spacial score (nSPS) is 10.2. The van der Waals surface area contributed by atoms with Crippen LogP contribution in [0.25, 0.3) is 0 Å². The van der Waals surface area contributed by atoms with Gasteiger partial charge in [-0.2, -0.15) is 0 Å². The molecule has 0 unspecified atom stereocenters. The molecule has 5 nitrogen and oxygen atoms in total. The summed E-state index contributed by atoms with van der Waals surface area (Å²) in [5.41, 5.74) is 0.299. The zero-order valence-corrected chi connectivity index (χ0v) is 10.6. The summed E-state index contributed by atoms with van der Waals surface area (Å²) in [7, 11) is 0. The van der Waals surface area contributed by atoms with E-state index in [1.54, 1.807) is 18.2 Å². The molecule has 0 radical (unpaired) electrons. The number of carbonyl (C=O) groups is 1. The molecule has 0 aliphatic carbocycles. The molecular formula is C13H11ClN2O3. The van der Waals surface area contributed by atoms with E-state index in [1.165, 1.54) is 6.20 Å². The highest BCUT2D eigenvalue weighted by Crippen LogP contribution is 2.15. The number of nitrogens with one attached hydrogen (secondary N) is 2. The number of rotatable bonds is 3. The van der Waals surface area contributed by atoms with Crippen molar-refractivity contribution in [1.29, 1.82) is 0 Å². The lowest BCUT2D eigenvalue weighted by Crippen LogP contribution is -2.24. The molecule has 2 aromatic rings. The van der Waals surface area contributed by atoms with Gasteiger partial charge in [0.15, 0.2) is 0 Å². The van der Waals surface area contributed by atoms with Crippen LogP contribution >= 0.6 is 11.6 Å². The quantitative estimate of drug-likeness (QED) is 0.799. The van der Waals surface area contributed by atoms with E-state index in [-0.39, 0.29) is 17.9 Å². The topological polar surface area (TPSA) is 82.2 Å². The standard InChI is InChI=1S/C13H11ClN2O3/c14-10-4-2-1-3-8(10)6-16-13(19)9-7-15-12(18)5-11(9)17/h1-5,7H,6H2,(H,16,19)(H2,15,17,18). The third-order valence-corrected chi connectivity index (χ3v) is 2.91. The molecule has 0 atom stereocenters. The van der Waals surface area contributed by atoms with Crippen LogP contribution < -0.4 is 10.9 Å². The molecule has 1 heterocycles. The molecule has 0 saturated heterocycles. The van der Waals surface area contributed by atoms with Crippen molar-refractivity contribution in [2.45, 2.75) is 6.54 Å². The molecule has 0 aliphatic rings. The van der Waals surface area contributed by atoms with E-state index in [4.69, 9.17) is 11.6 Å². The maximum Gasteiger partial charge on any atom is 0.256 e. The van der Waals surface area contributed by atoms with Crippen LogP contribution in [0.3, 0.4) is 0 Å². The van der Waals surface area contributed by atoms with Gasteiger partial charge >= 0.3 is 0 Å². The average Bonchev–Trinajstić information content (AvgIpc) is 2.37. The van der Waals surface area contributed by atoms with Crippen LogP contribution in [0.4, 0.5) is 0 Å². The van der Waals surface area contributed by atoms with Gasteiger partial charge in [-0.3, -0.25) is 9.59 Å². The van der Waals surface area contributed by atoms with Gasteiger partial charge in [-0.15, -0.1) is 0 Å². The molecular weight excluding hydrogens is 268 g/mol. The molecule has 1 aromatic carbocycles. The lowest BCUT2D eigenvalue weighted by Gasteiger charge is -2.07. The van der Waals surface area contributed by atoms with Crippen LogP contribution in [0.2, 0.25) is 5.02 Å². The number of aromatic nitrogens is 1. The summed E-state index contributed by atoms with van der Waals surface area (Å²) < 4.78 is 0. The number of hydrogen-bond donors (Lipinski definition) is 3. The van der Waals surface area contributed by atoms with Gasteiger partial charge in [0, 0.05) is 23.8 Å². The summed E-state index contributed by atoms with van der Waals surface area (Å²) >= 11 is 5.96. The lowest BCUT2D eigenvalue weighted by molar-refractivity contribution is 0.0948. The minimum absolute atomic E-state index is 0.00616. The molecule has 0 spiro atoms. The van der Waals surface area contributed by atoms with E-state index >= 15 is 0 Å². The molecule has 0 saturated carbocycles. The van der Waals surface area contributed by atoms with Crippen molar-refractivity contribution in [3.05, 3.63) is 63.0 Å². The number of benzene rings is 1. The van der Waals surface area contributed by atoms with Gasteiger partial charge < -0.3 is 15.4 Å². The van der Waals surface area contributed by atoms with Crippen LogP contribution in [0.1, 0.15) is 15.9 Å². The number of H-pyrrole nitrogens is 1. The number of aromatic hydroxyl groups is 1. The summed E-state index contributed by atoms with van der Waals surface area (Å²) in [5.74, 6) is -0.853. The molecule has 1 aromatic heterocycles. The minimum Gasteiger partial charge on any atom is -0.507 e. The van der Waals surface area contributed by atoms with Crippen molar-refractivity contribution >= 4 is 17.5 Å². The summed E-state index contributed by atoms with van der Waals surface area (Å²) in [5, 5.41) is 12.7. The average molecular weight is 279 g/mol. The van der Waals surface area contributed by atoms with Crippen molar-refractivity contribution in [2.75, 3.05) is 0 Å². The molecule has 0 aliphatic heterocycles. The zero-order chi connectivity index (χ0) is 13.8. The lowest BCUT2D eigenvalue weighted by atomic mass is 10.2. The van der Waals surface area contributed by atoms with Crippen LogP contribution in [0.15, 0.2) is 41.3 Å².